The van der Waals surface area contributed by atoms with Crippen molar-refractivity contribution in [1.29, 1.82) is 0 Å². The van der Waals surface area contributed by atoms with Gasteiger partial charge in [-0.1, -0.05) is 12.1 Å². The van der Waals surface area contributed by atoms with Gasteiger partial charge in [0.05, 0.1) is 37.9 Å². The van der Waals surface area contributed by atoms with Crippen LogP contribution < -0.4 is 19.5 Å². The summed E-state index contributed by atoms with van der Waals surface area (Å²) in [5.41, 5.74) is 2.28. The van der Waals surface area contributed by atoms with E-state index in [2.05, 4.69) is 15.3 Å². The predicted molar refractivity (Wildman–Crippen MR) is 98.2 cm³/mol. The number of aromatic amines is 1. The highest BCUT2D eigenvalue weighted by molar-refractivity contribution is 5.97. The fraction of sp³-hybridized carbons (Fsp3) is 0.263. The van der Waals surface area contributed by atoms with E-state index in [0.29, 0.717) is 35.8 Å². The first-order valence-electron chi connectivity index (χ1n) is 8.18. The van der Waals surface area contributed by atoms with Gasteiger partial charge >= 0.3 is 0 Å². The van der Waals surface area contributed by atoms with E-state index in [-0.39, 0.29) is 5.91 Å². The average Bonchev–Trinajstić information content (AvgIpc) is 3.09. The summed E-state index contributed by atoms with van der Waals surface area (Å²) in [6, 6.07) is 11.1. The summed E-state index contributed by atoms with van der Waals surface area (Å²) < 4.78 is 15.8. The Morgan fingerprint density at radius 1 is 1.04 bits per heavy atom. The Kier molecular flexibility index (Phi) is 5.26. The summed E-state index contributed by atoms with van der Waals surface area (Å²) in [5, 5.41) is 2.88. The average molecular weight is 355 g/mol. The minimum Gasteiger partial charge on any atom is -0.496 e. The van der Waals surface area contributed by atoms with Gasteiger partial charge in [0.2, 0.25) is 0 Å². The van der Waals surface area contributed by atoms with Gasteiger partial charge in [-0.25, -0.2) is 4.98 Å². The highest BCUT2D eigenvalue weighted by Gasteiger charge is 2.17. The van der Waals surface area contributed by atoms with Crippen LogP contribution in [0.2, 0.25) is 0 Å². The van der Waals surface area contributed by atoms with Crippen LogP contribution in [0.5, 0.6) is 17.2 Å². The van der Waals surface area contributed by atoms with Gasteiger partial charge in [0.15, 0.2) is 11.5 Å². The van der Waals surface area contributed by atoms with Gasteiger partial charge < -0.3 is 24.5 Å². The molecule has 0 saturated heterocycles. The minimum atomic E-state index is -0.251. The maximum Gasteiger partial charge on any atom is 0.255 e. The lowest BCUT2D eigenvalue weighted by atomic mass is 10.1. The number of carbonyl (C=O) groups is 1. The molecule has 1 aromatic heterocycles. The van der Waals surface area contributed by atoms with Crippen LogP contribution in [0.1, 0.15) is 16.2 Å². The second kappa shape index (κ2) is 7.77. The monoisotopic (exact) mass is 355 g/mol. The van der Waals surface area contributed by atoms with Crippen molar-refractivity contribution in [2.75, 3.05) is 27.9 Å². The molecular formula is C19H21N3O4. The van der Waals surface area contributed by atoms with Crippen molar-refractivity contribution >= 4 is 16.9 Å². The van der Waals surface area contributed by atoms with Crippen molar-refractivity contribution in [1.82, 2.24) is 15.3 Å². The maximum atomic E-state index is 12.5. The molecule has 0 fully saturated rings. The van der Waals surface area contributed by atoms with Crippen LogP contribution in [0.25, 0.3) is 11.0 Å². The maximum absolute atomic E-state index is 12.5. The van der Waals surface area contributed by atoms with E-state index in [4.69, 9.17) is 14.2 Å². The van der Waals surface area contributed by atoms with Gasteiger partial charge in [-0.15, -0.1) is 0 Å². The third-order valence-electron chi connectivity index (χ3n) is 4.04. The van der Waals surface area contributed by atoms with Gasteiger partial charge in [-0.3, -0.25) is 4.79 Å². The number of nitrogens with one attached hydrogen (secondary N) is 2. The number of H-pyrrole nitrogens is 1. The summed E-state index contributed by atoms with van der Waals surface area (Å²) in [4.78, 5) is 20.3. The van der Waals surface area contributed by atoms with E-state index in [0.717, 1.165) is 16.9 Å². The van der Waals surface area contributed by atoms with Crippen LogP contribution in [-0.4, -0.2) is 43.7 Å². The van der Waals surface area contributed by atoms with Crippen LogP contribution in [0.4, 0.5) is 0 Å². The molecule has 0 aliphatic heterocycles. The zero-order valence-corrected chi connectivity index (χ0v) is 15.0. The number of fused-ring (bicyclic) bond motifs is 1. The molecule has 0 saturated carbocycles. The highest BCUT2D eigenvalue weighted by atomic mass is 16.5. The largest absolute Gasteiger partial charge is 0.496 e. The van der Waals surface area contributed by atoms with Crippen LogP contribution in [0.15, 0.2) is 36.4 Å². The molecule has 0 unspecified atom stereocenters. The van der Waals surface area contributed by atoms with Crippen molar-refractivity contribution in [3.05, 3.63) is 47.8 Å². The Morgan fingerprint density at radius 3 is 2.42 bits per heavy atom. The lowest BCUT2D eigenvalue weighted by molar-refractivity contribution is 0.0950. The van der Waals surface area contributed by atoms with Gasteiger partial charge in [-0.05, 0) is 12.1 Å². The molecule has 136 valence electrons. The van der Waals surface area contributed by atoms with Crippen LogP contribution >= 0.6 is 0 Å². The number of hydrogen-bond donors (Lipinski definition) is 2. The molecule has 26 heavy (non-hydrogen) atoms. The molecule has 2 aromatic carbocycles. The Balaban J connectivity index is 1.69. The molecule has 1 heterocycles. The topological polar surface area (TPSA) is 85.5 Å². The highest BCUT2D eigenvalue weighted by Crippen LogP contribution is 2.34. The molecule has 2 N–H and O–H groups in total. The lowest BCUT2D eigenvalue weighted by Gasteiger charge is -2.13. The fourth-order valence-corrected chi connectivity index (χ4v) is 2.72. The molecular weight excluding hydrogens is 334 g/mol. The molecule has 3 aromatic rings. The number of imidazole rings is 1. The van der Waals surface area contributed by atoms with E-state index in [1.165, 1.54) is 21.3 Å². The lowest BCUT2D eigenvalue weighted by Crippen LogP contribution is -2.26. The summed E-state index contributed by atoms with van der Waals surface area (Å²) in [6.45, 7) is 0.441. The van der Waals surface area contributed by atoms with Crippen LogP contribution in [0.3, 0.4) is 0 Å². The smallest absolute Gasteiger partial charge is 0.255 e. The van der Waals surface area contributed by atoms with E-state index in [9.17, 15) is 4.79 Å². The number of benzene rings is 2. The standard InChI is InChI=1S/C19H21N3O4/c1-24-15-11-17(26-3)16(25-2)10-12(15)19(23)20-9-8-18-21-13-6-4-5-7-14(13)22-18/h4-7,10-11H,8-9H2,1-3H3,(H,20,23)(H,21,22). The van der Waals surface area contributed by atoms with E-state index in [1.807, 2.05) is 24.3 Å². The molecule has 0 radical (unpaired) electrons. The molecule has 7 heteroatoms. The van der Waals surface area contributed by atoms with Crippen LogP contribution in [-0.2, 0) is 6.42 Å². The van der Waals surface area contributed by atoms with Crippen molar-refractivity contribution in [2.24, 2.45) is 0 Å². The molecule has 0 atom stereocenters. The summed E-state index contributed by atoms with van der Waals surface area (Å²) in [5.74, 6) is 1.97. The number of nitrogens with zero attached hydrogens (tertiary/aromatic N) is 1. The van der Waals surface area contributed by atoms with E-state index >= 15 is 0 Å². The van der Waals surface area contributed by atoms with E-state index in [1.54, 1.807) is 12.1 Å². The zero-order chi connectivity index (χ0) is 18.5. The van der Waals surface area contributed by atoms with E-state index < -0.39 is 0 Å². The molecule has 0 bridgehead atoms. The number of amides is 1. The van der Waals surface area contributed by atoms with Gasteiger partial charge in [0, 0.05) is 25.1 Å². The SMILES string of the molecule is COc1cc(OC)c(C(=O)NCCc2nc3ccccc3[nH]2)cc1OC. The van der Waals surface area contributed by atoms with Crippen molar-refractivity contribution < 1.29 is 19.0 Å². The third kappa shape index (κ3) is 3.56. The van der Waals surface area contributed by atoms with Crippen molar-refractivity contribution in [3.8, 4) is 17.2 Å². The number of rotatable bonds is 7. The summed E-state index contributed by atoms with van der Waals surface area (Å²) >= 11 is 0. The Hall–Kier alpha value is -3.22. The Morgan fingerprint density at radius 2 is 1.73 bits per heavy atom. The van der Waals surface area contributed by atoms with Crippen molar-refractivity contribution in [3.63, 3.8) is 0 Å². The first kappa shape index (κ1) is 17.6. The van der Waals surface area contributed by atoms with Gasteiger partial charge in [0.25, 0.3) is 5.91 Å². The van der Waals surface area contributed by atoms with Crippen LogP contribution in [0, 0.1) is 0 Å². The Bertz CT molecular complexity index is 887. The number of methoxy groups -OCH3 is 3. The second-order valence-corrected chi connectivity index (χ2v) is 5.61. The number of hydrogen-bond acceptors (Lipinski definition) is 5. The van der Waals surface area contributed by atoms with Gasteiger partial charge in [0.1, 0.15) is 11.6 Å². The normalized spacial score (nSPS) is 10.6. The minimum absolute atomic E-state index is 0.251. The first-order valence-corrected chi connectivity index (χ1v) is 8.18. The molecule has 1 amide bonds. The third-order valence-corrected chi connectivity index (χ3v) is 4.04. The number of carbonyl (C=O) groups excluding carboxylic acids is 1. The quantitative estimate of drug-likeness (QED) is 0.680. The number of aromatic nitrogens is 2. The summed E-state index contributed by atoms with van der Waals surface area (Å²) in [7, 11) is 4.56. The number of para-hydroxylation sites is 2. The fourth-order valence-electron chi connectivity index (χ4n) is 2.72. The first-order chi connectivity index (χ1) is 12.7. The molecule has 0 spiro atoms. The van der Waals surface area contributed by atoms with Crippen molar-refractivity contribution in [2.45, 2.75) is 6.42 Å². The zero-order valence-electron chi connectivity index (χ0n) is 15.0. The Labute approximate surface area is 151 Å². The molecule has 0 aliphatic carbocycles. The summed E-state index contributed by atoms with van der Waals surface area (Å²) in [6.07, 6.45) is 0.593. The second-order valence-electron chi connectivity index (χ2n) is 5.61. The predicted octanol–water partition coefficient (Wildman–Crippen LogP) is 2.56. The molecule has 3 rings (SSSR count). The van der Waals surface area contributed by atoms with Gasteiger partial charge in [-0.2, -0.15) is 0 Å². The molecule has 7 nitrogen and oxygen atoms in total. The molecule has 0 aliphatic rings. The number of ether oxygens (including phenoxy) is 3.